The van der Waals surface area contributed by atoms with Crippen LogP contribution < -0.4 is 15.0 Å². The van der Waals surface area contributed by atoms with Crippen LogP contribution in [0.2, 0.25) is 0 Å². The molecule has 5 nitrogen and oxygen atoms in total. The van der Waals surface area contributed by atoms with Crippen molar-refractivity contribution in [2.45, 2.75) is 32.4 Å². The van der Waals surface area contributed by atoms with Crippen molar-refractivity contribution in [1.82, 2.24) is 0 Å². The molecule has 0 aliphatic carbocycles. The van der Waals surface area contributed by atoms with E-state index in [0.717, 1.165) is 17.7 Å². The summed E-state index contributed by atoms with van der Waals surface area (Å²) in [5.74, 6) is 0.385. The molecule has 2 aromatic carbocycles. The smallest absolute Gasteiger partial charge is 0.244 e. The number of methoxy groups -OCH3 is 1. The molecule has 4 atom stereocenters. The van der Waals surface area contributed by atoms with Gasteiger partial charge in [-0.05, 0) is 30.2 Å². The SMILES string of the molecule is COc1ccccc1[C@@H]1[NH2+][C@@H](CC(C)C)[C@@H]2C(=O)N(c3ccccc3)C(=O)[C@@H]21. The van der Waals surface area contributed by atoms with Crippen LogP contribution in [-0.2, 0) is 9.59 Å². The van der Waals surface area contributed by atoms with E-state index in [1.807, 2.05) is 54.6 Å². The van der Waals surface area contributed by atoms with Crippen LogP contribution in [0.3, 0.4) is 0 Å². The number of rotatable bonds is 5. The molecule has 2 saturated heterocycles. The normalized spacial score (nSPS) is 26.8. The van der Waals surface area contributed by atoms with Crippen molar-refractivity contribution in [2.24, 2.45) is 17.8 Å². The highest BCUT2D eigenvalue weighted by molar-refractivity contribution is 6.22. The number of amides is 2. The summed E-state index contributed by atoms with van der Waals surface area (Å²) < 4.78 is 5.57. The summed E-state index contributed by atoms with van der Waals surface area (Å²) in [5, 5.41) is 2.23. The number of imide groups is 1. The second-order valence-corrected chi connectivity index (χ2v) is 8.15. The molecule has 2 heterocycles. The Labute approximate surface area is 165 Å². The molecule has 2 amide bonds. The molecular formula is C23H27N2O3+. The van der Waals surface area contributed by atoms with Crippen molar-refractivity contribution in [2.75, 3.05) is 12.0 Å². The highest BCUT2D eigenvalue weighted by atomic mass is 16.5. The summed E-state index contributed by atoms with van der Waals surface area (Å²) >= 11 is 0. The maximum absolute atomic E-state index is 13.5. The average molecular weight is 379 g/mol. The van der Waals surface area contributed by atoms with Gasteiger partial charge in [0.05, 0.1) is 24.4 Å². The topological polar surface area (TPSA) is 63.2 Å². The Balaban J connectivity index is 1.77. The number of hydrogen-bond donors (Lipinski definition) is 1. The van der Waals surface area contributed by atoms with Gasteiger partial charge in [0.25, 0.3) is 0 Å². The van der Waals surface area contributed by atoms with Gasteiger partial charge in [0.2, 0.25) is 11.8 Å². The Morgan fingerprint density at radius 2 is 1.61 bits per heavy atom. The van der Waals surface area contributed by atoms with Crippen molar-refractivity contribution in [3.63, 3.8) is 0 Å². The molecule has 2 aromatic rings. The summed E-state index contributed by atoms with van der Waals surface area (Å²) in [6.07, 6.45) is 0.897. The van der Waals surface area contributed by atoms with Gasteiger partial charge in [-0.3, -0.25) is 9.59 Å². The van der Waals surface area contributed by atoms with Crippen molar-refractivity contribution >= 4 is 17.5 Å². The number of quaternary nitrogens is 1. The first-order valence-corrected chi connectivity index (χ1v) is 9.93. The van der Waals surface area contributed by atoms with Crippen LogP contribution in [0.4, 0.5) is 5.69 Å². The number of fused-ring (bicyclic) bond motifs is 1. The molecule has 28 heavy (non-hydrogen) atoms. The van der Waals surface area contributed by atoms with Crippen LogP contribution in [-0.4, -0.2) is 25.0 Å². The van der Waals surface area contributed by atoms with Gasteiger partial charge in [-0.1, -0.05) is 44.2 Å². The summed E-state index contributed by atoms with van der Waals surface area (Å²) in [4.78, 5) is 28.2. The number of nitrogens with zero attached hydrogens (tertiary/aromatic N) is 1. The number of nitrogens with two attached hydrogens (primary N) is 1. The maximum Gasteiger partial charge on any atom is 0.244 e. The molecule has 146 valence electrons. The Bertz CT molecular complexity index is 880. The van der Waals surface area contributed by atoms with Gasteiger partial charge in [-0.2, -0.15) is 0 Å². The van der Waals surface area contributed by atoms with E-state index in [1.54, 1.807) is 7.11 Å². The molecule has 2 fully saturated rings. The van der Waals surface area contributed by atoms with Gasteiger partial charge in [-0.15, -0.1) is 0 Å². The van der Waals surface area contributed by atoms with E-state index in [9.17, 15) is 9.59 Å². The number of carbonyl (C=O) groups excluding carboxylic acids is 2. The van der Waals surface area contributed by atoms with Crippen LogP contribution in [0.1, 0.15) is 31.9 Å². The molecular weight excluding hydrogens is 352 g/mol. The first-order chi connectivity index (χ1) is 13.5. The lowest BCUT2D eigenvalue weighted by atomic mass is 9.84. The third kappa shape index (κ3) is 3.00. The van der Waals surface area contributed by atoms with Crippen molar-refractivity contribution in [3.8, 4) is 5.75 Å². The molecule has 0 radical (unpaired) electrons. The van der Waals surface area contributed by atoms with Crippen LogP contribution >= 0.6 is 0 Å². The van der Waals surface area contributed by atoms with Crippen LogP contribution in [0.15, 0.2) is 54.6 Å². The van der Waals surface area contributed by atoms with Gasteiger partial charge in [-0.25, -0.2) is 4.90 Å². The minimum atomic E-state index is -0.368. The summed E-state index contributed by atoms with van der Waals surface area (Å²) in [6.45, 7) is 4.32. The van der Waals surface area contributed by atoms with Crippen molar-refractivity contribution in [1.29, 1.82) is 0 Å². The van der Waals surface area contributed by atoms with Gasteiger partial charge >= 0.3 is 0 Å². The molecule has 5 heteroatoms. The van der Waals surface area contributed by atoms with E-state index < -0.39 is 0 Å². The second kappa shape index (κ2) is 7.40. The number of hydrogen-bond acceptors (Lipinski definition) is 3. The third-order valence-corrected chi connectivity index (χ3v) is 5.96. The van der Waals surface area contributed by atoms with Crippen LogP contribution in [0.25, 0.3) is 0 Å². The quantitative estimate of drug-likeness (QED) is 0.812. The standard InChI is InChI=1S/C23H26N2O3/c1-14(2)13-17-19-20(21(24-17)16-11-7-8-12-18(16)28-3)23(27)25(22(19)26)15-9-5-4-6-10-15/h4-12,14,17,19-21,24H,13H2,1-3H3/p+1/t17-,19-,20-,21-/m0/s1. The summed E-state index contributed by atoms with van der Waals surface area (Å²) in [7, 11) is 1.65. The predicted molar refractivity (Wildman–Crippen MR) is 107 cm³/mol. The third-order valence-electron chi connectivity index (χ3n) is 5.96. The fourth-order valence-corrected chi connectivity index (χ4v) is 4.89. The zero-order valence-corrected chi connectivity index (χ0v) is 16.5. The molecule has 2 N–H and O–H groups in total. The average Bonchev–Trinajstić information content (AvgIpc) is 3.18. The molecule has 0 bridgehead atoms. The highest BCUT2D eigenvalue weighted by Crippen LogP contribution is 2.44. The minimum Gasteiger partial charge on any atom is -0.496 e. The molecule has 0 aromatic heterocycles. The van der Waals surface area contributed by atoms with E-state index in [1.165, 1.54) is 4.90 Å². The Kier molecular flexibility index (Phi) is 4.94. The van der Waals surface area contributed by atoms with E-state index in [-0.39, 0.29) is 35.7 Å². The number of carbonyl (C=O) groups is 2. The van der Waals surface area contributed by atoms with E-state index in [4.69, 9.17) is 4.74 Å². The lowest BCUT2D eigenvalue weighted by molar-refractivity contribution is -0.712. The number of ether oxygens (including phenoxy) is 1. The zero-order chi connectivity index (χ0) is 19.8. The maximum atomic E-state index is 13.5. The van der Waals surface area contributed by atoms with E-state index in [2.05, 4.69) is 19.2 Å². The zero-order valence-electron chi connectivity index (χ0n) is 16.5. The second-order valence-electron chi connectivity index (χ2n) is 8.15. The number of benzene rings is 2. The fraction of sp³-hybridized carbons (Fsp3) is 0.391. The molecule has 0 saturated carbocycles. The largest absolute Gasteiger partial charge is 0.496 e. The summed E-state index contributed by atoms with van der Waals surface area (Å²) in [6, 6.07) is 17.1. The predicted octanol–water partition coefficient (Wildman–Crippen LogP) is 2.53. The first kappa shape index (κ1) is 18.7. The molecule has 4 rings (SSSR count). The molecule has 2 aliphatic rings. The lowest BCUT2D eigenvalue weighted by Crippen LogP contribution is -2.89. The van der Waals surface area contributed by atoms with E-state index >= 15 is 0 Å². The van der Waals surface area contributed by atoms with E-state index in [0.29, 0.717) is 11.6 Å². The lowest BCUT2D eigenvalue weighted by Gasteiger charge is -2.22. The Morgan fingerprint density at radius 3 is 2.29 bits per heavy atom. The number of anilines is 1. The molecule has 2 aliphatic heterocycles. The van der Waals surface area contributed by atoms with Gasteiger partial charge in [0.15, 0.2) is 0 Å². The van der Waals surface area contributed by atoms with Gasteiger partial charge < -0.3 is 10.1 Å². The Hall–Kier alpha value is -2.66. The fourth-order valence-electron chi connectivity index (χ4n) is 4.89. The monoisotopic (exact) mass is 379 g/mol. The minimum absolute atomic E-state index is 0.0690. The summed E-state index contributed by atoms with van der Waals surface area (Å²) in [5.41, 5.74) is 1.65. The Morgan fingerprint density at radius 1 is 0.964 bits per heavy atom. The number of para-hydroxylation sites is 2. The van der Waals surface area contributed by atoms with Gasteiger partial charge in [0, 0.05) is 6.42 Å². The van der Waals surface area contributed by atoms with Crippen LogP contribution in [0, 0.1) is 17.8 Å². The first-order valence-electron chi connectivity index (χ1n) is 9.93. The molecule has 0 unspecified atom stereocenters. The molecule has 0 spiro atoms. The van der Waals surface area contributed by atoms with Crippen LogP contribution in [0.5, 0.6) is 5.75 Å². The van der Waals surface area contributed by atoms with Gasteiger partial charge in [0.1, 0.15) is 23.6 Å². The highest BCUT2D eigenvalue weighted by Gasteiger charge is 2.62. The van der Waals surface area contributed by atoms with Crippen molar-refractivity contribution < 1.29 is 19.6 Å². The van der Waals surface area contributed by atoms with Crippen molar-refractivity contribution in [3.05, 3.63) is 60.2 Å².